The van der Waals surface area contributed by atoms with Gasteiger partial charge in [-0.05, 0) is 37.1 Å². The zero-order chi connectivity index (χ0) is 22.5. The van der Waals surface area contributed by atoms with Gasteiger partial charge >= 0.3 is 6.09 Å². The number of benzene rings is 1. The van der Waals surface area contributed by atoms with Crippen LogP contribution in [0.4, 0.5) is 20.7 Å². The Balaban J connectivity index is 1.93. The Bertz CT molecular complexity index is 987. The normalized spacial score (nSPS) is 20.8. The molecule has 0 radical (unpaired) electrons. The van der Waals surface area contributed by atoms with Crippen molar-refractivity contribution in [2.75, 3.05) is 25.6 Å². The molecular formula is C20H23FN6O4. The second kappa shape index (κ2) is 9.44. The minimum absolute atomic E-state index is 0.107. The summed E-state index contributed by atoms with van der Waals surface area (Å²) in [5.41, 5.74) is 6.11. The predicted molar refractivity (Wildman–Crippen MR) is 108 cm³/mol. The molecule has 1 saturated heterocycles. The molecule has 1 aromatic carbocycles. The Hall–Kier alpha value is -3.65. The van der Waals surface area contributed by atoms with Crippen LogP contribution < -0.4 is 11.1 Å². The molecule has 31 heavy (non-hydrogen) atoms. The van der Waals surface area contributed by atoms with E-state index < -0.39 is 35.8 Å². The fourth-order valence-corrected chi connectivity index (χ4v) is 3.85. The molecule has 0 aliphatic carbocycles. The van der Waals surface area contributed by atoms with Gasteiger partial charge in [0.15, 0.2) is 5.82 Å². The molecule has 3 rings (SSSR count). The third-order valence-electron chi connectivity index (χ3n) is 5.35. The van der Waals surface area contributed by atoms with Gasteiger partial charge in [0.25, 0.3) is 5.91 Å². The summed E-state index contributed by atoms with van der Waals surface area (Å²) >= 11 is 0. The number of rotatable bonds is 7. The highest BCUT2D eigenvalue weighted by Gasteiger charge is 2.42. The van der Waals surface area contributed by atoms with Crippen molar-refractivity contribution < 1.29 is 23.8 Å². The summed E-state index contributed by atoms with van der Waals surface area (Å²) in [6.07, 6.45) is 1.04. The molecule has 1 aliphatic rings. The number of primary amides is 1. The van der Waals surface area contributed by atoms with Crippen LogP contribution >= 0.6 is 0 Å². The van der Waals surface area contributed by atoms with Gasteiger partial charge < -0.3 is 25.8 Å². The van der Waals surface area contributed by atoms with Crippen molar-refractivity contribution in [2.45, 2.75) is 24.9 Å². The Morgan fingerprint density at radius 1 is 1.42 bits per heavy atom. The lowest BCUT2D eigenvalue weighted by atomic mass is 9.84. The number of amides is 2. The van der Waals surface area contributed by atoms with Gasteiger partial charge in [-0.2, -0.15) is 10.4 Å². The number of ether oxygens (including phenoxy) is 1. The first-order valence-electron chi connectivity index (χ1n) is 9.65. The van der Waals surface area contributed by atoms with E-state index >= 15 is 0 Å². The van der Waals surface area contributed by atoms with E-state index in [4.69, 9.17) is 10.5 Å². The molecule has 2 aromatic rings. The maximum Gasteiger partial charge on any atom is 0.407 e. The summed E-state index contributed by atoms with van der Waals surface area (Å²) in [7, 11) is 1.51. The number of anilines is 2. The lowest BCUT2D eigenvalue weighted by molar-refractivity contribution is 0.0495. The molecule has 0 saturated carbocycles. The second-order valence-corrected chi connectivity index (χ2v) is 7.20. The van der Waals surface area contributed by atoms with E-state index in [9.17, 15) is 24.3 Å². The van der Waals surface area contributed by atoms with Crippen molar-refractivity contribution in [3.05, 3.63) is 41.8 Å². The van der Waals surface area contributed by atoms with Crippen LogP contribution in [0.5, 0.6) is 0 Å². The van der Waals surface area contributed by atoms with Gasteiger partial charge in [-0.15, -0.1) is 0 Å². The summed E-state index contributed by atoms with van der Waals surface area (Å²) in [5.74, 6) is -1.66. The Morgan fingerprint density at radius 3 is 2.71 bits per heavy atom. The average Bonchev–Trinajstić information content (AvgIpc) is 3.16. The van der Waals surface area contributed by atoms with Gasteiger partial charge in [0.05, 0.1) is 24.1 Å². The first-order valence-corrected chi connectivity index (χ1v) is 9.65. The number of halogens is 1. The van der Waals surface area contributed by atoms with Crippen LogP contribution in [0.3, 0.4) is 0 Å². The van der Waals surface area contributed by atoms with E-state index in [1.165, 1.54) is 47.2 Å². The summed E-state index contributed by atoms with van der Waals surface area (Å²) in [6, 6.07) is 6.66. The number of likely N-dealkylation sites (tertiary alicyclic amines) is 1. The van der Waals surface area contributed by atoms with Crippen LogP contribution in [0.15, 0.2) is 30.5 Å². The van der Waals surface area contributed by atoms with Gasteiger partial charge in [-0.25, -0.2) is 9.18 Å². The molecule has 2 heterocycles. The average molecular weight is 430 g/mol. The molecule has 10 nitrogen and oxygen atoms in total. The Morgan fingerprint density at radius 2 is 2.13 bits per heavy atom. The zero-order valence-corrected chi connectivity index (χ0v) is 16.9. The van der Waals surface area contributed by atoms with Gasteiger partial charge in [-0.1, -0.05) is 0 Å². The number of aromatic nitrogens is 2. The number of nitrogens with zero attached hydrogens (tertiary/aromatic N) is 4. The molecule has 11 heteroatoms. The third kappa shape index (κ3) is 4.75. The molecular weight excluding hydrogens is 407 g/mol. The van der Waals surface area contributed by atoms with Crippen molar-refractivity contribution >= 4 is 23.5 Å². The Labute approximate surface area is 178 Å². The number of carbonyl (C=O) groups excluding carboxylic acids is 1. The number of carboxylic acid groups (broad SMARTS) is 1. The van der Waals surface area contributed by atoms with Crippen molar-refractivity contribution in [3.8, 4) is 6.07 Å². The van der Waals surface area contributed by atoms with Gasteiger partial charge in [-0.3, -0.25) is 9.48 Å². The molecule has 1 unspecified atom stereocenters. The summed E-state index contributed by atoms with van der Waals surface area (Å²) in [6.45, 7) is 0.501. The van der Waals surface area contributed by atoms with Crippen molar-refractivity contribution in [2.24, 2.45) is 11.7 Å². The fourth-order valence-electron chi connectivity index (χ4n) is 3.85. The van der Waals surface area contributed by atoms with Crippen molar-refractivity contribution in [1.82, 2.24) is 14.7 Å². The summed E-state index contributed by atoms with van der Waals surface area (Å²) in [5, 5.41) is 26.7. The lowest BCUT2D eigenvalue weighted by Gasteiger charge is -2.41. The van der Waals surface area contributed by atoms with Gasteiger partial charge in [0.1, 0.15) is 11.4 Å². The van der Waals surface area contributed by atoms with E-state index in [1.54, 1.807) is 0 Å². The van der Waals surface area contributed by atoms with Crippen LogP contribution in [0.25, 0.3) is 0 Å². The van der Waals surface area contributed by atoms with Crippen LogP contribution in [0.1, 0.15) is 29.2 Å². The number of methoxy groups -OCH3 is 1. The molecule has 1 aromatic heterocycles. The largest absolute Gasteiger partial charge is 0.465 e. The standard InChI is InChI=1S/C20H23FN6O4/c1-31-9-7-16-14(10-22)17(6-8-26(16)20(29)30)27-11-15(18(23)28)19(25-27)24-13-4-2-12(21)3-5-13/h2-5,11,14,16-17H,6-9H2,1H3,(H2,23,28)(H,24,25)(H,29,30)/t14-,16?,17-/m0/s1. The topological polar surface area (TPSA) is 146 Å². The first-order chi connectivity index (χ1) is 14.8. The lowest BCUT2D eigenvalue weighted by Crippen LogP contribution is -2.51. The van der Waals surface area contributed by atoms with Crippen LogP contribution in [0.2, 0.25) is 0 Å². The maximum absolute atomic E-state index is 13.2. The van der Waals surface area contributed by atoms with Crippen LogP contribution in [0, 0.1) is 23.1 Å². The molecule has 1 aliphatic heterocycles. The zero-order valence-electron chi connectivity index (χ0n) is 16.9. The Kier molecular flexibility index (Phi) is 6.71. The third-order valence-corrected chi connectivity index (χ3v) is 5.35. The number of hydrogen-bond donors (Lipinski definition) is 3. The molecule has 0 spiro atoms. The SMILES string of the molecule is COCCC1[C@H](C#N)[C@@H](n2cc(C(N)=O)c(Nc3ccc(F)cc3)n2)CCN1C(=O)O. The maximum atomic E-state index is 13.2. The minimum Gasteiger partial charge on any atom is -0.465 e. The number of nitrogens with one attached hydrogen (secondary N) is 1. The van der Waals surface area contributed by atoms with Crippen molar-refractivity contribution in [1.29, 1.82) is 5.26 Å². The monoisotopic (exact) mass is 430 g/mol. The minimum atomic E-state index is -1.10. The predicted octanol–water partition coefficient (Wildman–Crippen LogP) is 2.33. The fraction of sp³-hybridized carbons (Fsp3) is 0.400. The molecule has 0 bridgehead atoms. The smallest absolute Gasteiger partial charge is 0.407 e. The molecule has 4 N–H and O–H groups in total. The van der Waals surface area contributed by atoms with E-state index in [2.05, 4.69) is 16.5 Å². The summed E-state index contributed by atoms with van der Waals surface area (Å²) < 4.78 is 19.7. The number of nitriles is 1. The number of nitrogens with two attached hydrogens (primary N) is 1. The van der Waals surface area contributed by atoms with E-state index in [-0.39, 0.29) is 17.9 Å². The first kappa shape index (κ1) is 22.0. The molecule has 164 valence electrons. The second-order valence-electron chi connectivity index (χ2n) is 7.20. The number of hydrogen-bond acceptors (Lipinski definition) is 6. The van der Waals surface area contributed by atoms with E-state index in [0.29, 0.717) is 25.1 Å². The summed E-state index contributed by atoms with van der Waals surface area (Å²) in [4.78, 5) is 24.9. The van der Waals surface area contributed by atoms with Gasteiger partial charge in [0, 0.05) is 32.1 Å². The van der Waals surface area contributed by atoms with Crippen molar-refractivity contribution in [3.63, 3.8) is 0 Å². The highest BCUT2D eigenvalue weighted by molar-refractivity contribution is 5.98. The molecule has 3 atom stereocenters. The van der Waals surface area contributed by atoms with Gasteiger partial charge in [0.2, 0.25) is 0 Å². The van der Waals surface area contributed by atoms with Crippen LogP contribution in [-0.2, 0) is 4.74 Å². The molecule has 1 fully saturated rings. The van der Waals surface area contributed by atoms with E-state index in [0.717, 1.165) is 0 Å². The number of carbonyl (C=O) groups is 2. The highest BCUT2D eigenvalue weighted by atomic mass is 19.1. The quantitative estimate of drug-likeness (QED) is 0.611. The number of piperidine rings is 1. The highest BCUT2D eigenvalue weighted by Crippen LogP contribution is 2.35. The van der Waals surface area contributed by atoms with E-state index in [1.807, 2.05) is 0 Å². The molecule has 2 amide bonds. The van der Waals surface area contributed by atoms with Crippen LogP contribution in [-0.4, -0.2) is 58.1 Å².